The van der Waals surface area contributed by atoms with E-state index in [0.29, 0.717) is 12.1 Å². The minimum absolute atomic E-state index is 0.0756. The van der Waals surface area contributed by atoms with Crippen LogP contribution in [0.15, 0.2) is 60.7 Å². The molecule has 2 heteroatoms. The molecule has 2 nitrogen and oxygen atoms in total. The van der Waals surface area contributed by atoms with E-state index in [4.69, 9.17) is 0 Å². The largest absolute Gasteiger partial charge is 0.394 e. The van der Waals surface area contributed by atoms with Gasteiger partial charge in [0.05, 0.1) is 12.6 Å². The molecule has 0 amide bonds. The molecule has 122 valence electrons. The average Bonchev–Trinajstić information content (AvgIpc) is 2.64. The van der Waals surface area contributed by atoms with E-state index >= 15 is 0 Å². The van der Waals surface area contributed by atoms with Crippen molar-refractivity contribution in [3.05, 3.63) is 71.8 Å². The molecule has 0 bridgehead atoms. The lowest BCUT2D eigenvalue weighted by atomic mass is 9.87. The van der Waals surface area contributed by atoms with Gasteiger partial charge in [-0.25, -0.2) is 0 Å². The highest BCUT2D eigenvalue weighted by Crippen LogP contribution is 2.41. The molecule has 1 N–H and O–H groups in total. The molecular weight excluding hydrogens is 282 g/mol. The minimum Gasteiger partial charge on any atom is -0.394 e. The van der Waals surface area contributed by atoms with Gasteiger partial charge in [0.25, 0.3) is 0 Å². The fourth-order valence-electron chi connectivity index (χ4n) is 4.05. The van der Waals surface area contributed by atoms with Crippen molar-refractivity contribution >= 4 is 0 Å². The third-order valence-corrected chi connectivity index (χ3v) is 5.17. The van der Waals surface area contributed by atoms with Gasteiger partial charge >= 0.3 is 0 Å². The van der Waals surface area contributed by atoms with E-state index in [0.717, 1.165) is 6.42 Å². The Bertz CT molecular complexity index is 542. The van der Waals surface area contributed by atoms with Gasteiger partial charge in [0.2, 0.25) is 0 Å². The number of hydrogen-bond donors (Lipinski definition) is 1. The number of piperidine rings is 1. The molecular formula is C21H27NO. The zero-order valence-electron chi connectivity index (χ0n) is 13.9. The molecule has 0 radical (unpaired) electrons. The predicted molar refractivity (Wildman–Crippen MR) is 95.2 cm³/mol. The van der Waals surface area contributed by atoms with Crippen LogP contribution in [0.25, 0.3) is 0 Å². The maximum absolute atomic E-state index is 10.2. The molecule has 1 heterocycles. The highest BCUT2D eigenvalue weighted by atomic mass is 16.3. The lowest BCUT2D eigenvalue weighted by molar-refractivity contribution is 0.00756. The molecule has 0 spiro atoms. The molecule has 23 heavy (non-hydrogen) atoms. The van der Waals surface area contributed by atoms with Crippen molar-refractivity contribution in [2.75, 3.05) is 6.61 Å². The van der Waals surface area contributed by atoms with Crippen LogP contribution in [0.2, 0.25) is 0 Å². The summed E-state index contributed by atoms with van der Waals surface area (Å²) in [6, 6.07) is 22.3. The van der Waals surface area contributed by atoms with E-state index in [1.165, 1.54) is 30.4 Å². The normalized spacial score (nSPS) is 23.6. The Balaban J connectivity index is 1.98. The lowest BCUT2D eigenvalue weighted by Gasteiger charge is -2.46. The van der Waals surface area contributed by atoms with Crippen LogP contribution in [0, 0.1) is 0 Å². The first-order valence-electron chi connectivity index (χ1n) is 8.83. The number of aliphatic hydroxyl groups excluding tert-OH is 1. The average molecular weight is 309 g/mol. The Kier molecular flexibility index (Phi) is 5.47. The van der Waals surface area contributed by atoms with Gasteiger partial charge in [-0.05, 0) is 36.8 Å². The number of hydrogen-bond acceptors (Lipinski definition) is 2. The summed E-state index contributed by atoms with van der Waals surface area (Å²) in [4.78, 5) is 2.58. The molecule has 1 saturated heterocycles. The molecule has 2 aromatic carbocycles. The lowest BCUT2D eigenvalue weighted by Crippen LogP contribution is -2.45. The van der Waals surface area contributed by atoms with Gasteiger partial charge in [0, 0.05) is 12.1 Å². The Morgan fingerprint density at radius 3 is 2.26 bits per heavy atom. The molecule has 3 atom stereocenters. The Morgan fingerprint density at radius 1 is 1.00 bits per heavy atom. The van der Waals surface area contributed by atoms with Crippen LogP contribution in [0.5, 0.6) is 0 Å². The molecule has 1 unspecified atom stereocenters. The fraction of sp³-hybridized carbons (Fsp3) is 0.429. The number of benzene rings is 2. The molecule has 0 saturated carbocycles. The third kappa shape index (κ3) is 3.49. The predicted octanol–water partition coefficient (Wildman–Crippen LogP) is 4.73. The monoisotopic (exact) mass is 309 g/mol. The zero-order valence-corrected chi connectivity index (χ0v) is 13.9. The van der Waals surface area contributed by atoms with Crippen LogP contribution < -0.4 is 0 Å². The summed E-state index contributed by atoms with van der Waals surface area (Å²) in [6.07, 6.45) is 4.79. The van der Waals surface area contributed by atoms with Gasteiger partial charge in [0.1, 0.15) is 0 Å². The Morgan fingerprint density at radius 2 is 1.65 bits per heavy atom. The van der Waals surface area contributed by atoms with E-state index in [1.54, 1.807) is 0 Å². The van der Waals surface area contributed by atoms with Crippen LogP contribution >= 0.6 is 0 Å². The van der Waals surface area contributed by atoms with Crippen LogP contribution in [0.4, 0.5) is 0 Å². The first-order valence-corrected chi connectivity index (χ1v) is 8.83. The van der Waals surface area contributed by atoms with Crippen LogP contribution in [0.3, 0.4) is 0 Å². The number of nitrogens with zero attached hydrogens (tertiary/aromatic N) is 1. The van der Waals surface area contributed by atoms with E-state index in [2.05, 4.69) is 66.4 Å². The van der Waals surface area contributed by atoms with Crippen LogP contribution in [-0.4, -0.2) is 22.7 Å². The zero-order chi connectivity index (χ0) is 16.1. The van der Waals surface area contributed by atoms with Crippen molar-refractivity contribution in [1.29, 1.82) is 0 Å². The summed E-state index contributed by atoms with van der Waals surface area (Å²) in [5, 5.41) is 10.2. The minimum atomic E-state index is 0.0756. The second kappa shape index (κ2) is 7.76. The van der Waals surface area contributed by atoms with Crippen LogP contribution in [-0.2, 0) is 0 Å². The van der Waals surface area contributed by atoms with Gasteiger partial charge in [-0.3, -0.25) is 4.90 Å². The first kappa shape index (κ1) is 16.2. The number of likely N-dealkylation sites (tertiary alicyclic amines) is 1. The molecule has 0 aromatic heterocycles. The van der Waals surface area contributed by atoms with E-state index < -0.39 is 0 Å². The van der Waals surface area contributed by atoms with Crippen molar-refractivity contribution in [2.45, 2.75) is 50.7 Å². The molecule has 2 aromatic rings. The summed E-state index contributed by atoms with van der Waals surface area (Å²) in [7, 11) is 0. The molecule has 1 aliphatic heterocycles. The van der Waals surface area contributed by atoms with Gasteiger partial charge < -0.3 is 5.11 Å². The molecule has 0 aliphatic carbocycles. The summed E-state index contributed by atoms with van der Waals surface area (Å²) < 4.78 is 0. The summed E-state index contributed by atoms with van der Waals surface area (Å²) >= 11 is 0. The van der Waals surface area contributed by atoms with Crippen molar-refractivity contribution < 1.29 is 5.11 Å². The van der Waals surface area contributed by atoms with Crippen LogP contribution in [0.1, 0.15) is 55.8 Å². The molecule has 1 fully saturated rings. The standard InChI is InChI=1S/C21H27NO/c1-2-19-14-9-15-20(17-10-5-3-6-11-17)22(19)21(16-23)18-12-7-4-8-13-18/h3-8,10-13,19-21,23H,2,9,14-16H2,1H3/t19-,20+,21?/m0/s1. The van der Waals surface area contributed by atoms with Crippen molar-refractivity contribution in [3.63, 3.8) is 0 Å². The van der Waals surface area contributed by atoms with E-state index in [9.17, 15) is 5.11 Å². The van der Waals surface area contributed by atoms with E-state index in [1.807, 2.05) is 6.07 Å². The number of aliphatic hydroxyl groups is 1. The van der Waals surface area contributed by atoms with Gasteiger partial charge in [-0.15, -0.1) is 0 Å². The SMILES string of the molecule is CC[C@H]1CCC[C@H](c2ccccc2)N1C(CO)c1ccccc1. The first-order chi connectivity index (χ1) is 11.3. The highest BCUT2D eigenvalue weighted by Gasteiger charge is 2.35. The summed E-state index contributed by atoms with van der Waals surface area (Å²) in [6.45, 7) is 2.44. The number of rotatable bonds is 5. The highest BCUT2D eigenvalue weighted by molar-refractivity contribution is 5.24. The second-order valence-corrected chi connectivity index (χ2v) is 6.48. The topological polar surface area (TPSA) is 23.5 Å². The third-order valence-electron chi connectivity index (χ3n) is 5.17. The van der Waals surface area contributed by atoms with Gasteiger partial charge in [-0.1, -0.05) is 67.6 Å². The Labute approximate surface area is 139 Å². The quantitative estimate of drug-likeness (QED) is 0.863. The van der Waals surface area contributed by atoms with Crippen molar-refractivity contribution in [2.24, 2.45) is 0 Å². The van der Waals surface area contributed by atoms with Gasteiger partial charge in [0.15, 0.2) is 0 Å². The summed E-state index contributed by atoms with van der Waals surface area (Å²) in [5.41, 5.74) is 2.59. The maximum atomic E-state index is 10.2. The fourth-order valence-corrected chi connectivity index (χ4v) is 4.05. The van der Waals surface area contributed by atoms with Crippen molar-refractivity contribution in [3.8, 4) is 0 Å². The van der Waals surface area contributed by atoms with Gasteiger partial charge in [-0.2, -0.15) is 0 Å². The Hall–Kier alpha value is -1.64. The molecule has 3 rings (SSSR count). The maximum Gasteiger partial charge on any atom is 0.0628 e. The smallest absolute Gasteiger partial charge is 0.0628 e. The second-order valence-electron chi connectivity index (χ2n) is 6.48. The summed E-state index contributed by atoms with van der Waals surface area (Å²) in [5.74, 6) is 0. The molecule has 1 aliphatic rings. The van der Waals surface area contributed by atoms with E-state index in [-0.39, 0.29) is 12.6 Å². The van der Waals surface area contributed by atoms with Crippen molar-refractivity contribution in [1.82, 2.24) is 4.90 Å².